The quantitative estimate of drug-likeness (QED) is 0.733. The van der Waals surface area contributed by atoms with Gasteiger partial charge in [-0.1, -0.05) is 24.3 Å². The highest BCUT2D eigenvalue weighted by molar-refractivity contribution is 6.31. The lowest BCUT2D eigenvalue weighted by molar-refractivity contribution is -0.112. The summed E-state index contributed by atoms with van der Waals surface area (Å²) >= 11 is 11.3. The lowest BCUT2D eigenvalue weighted by Gasteiger charge is -2.13. The third-order valence-corrected chi connectivity index (χ3v) is 2.29. The molecule has 0 aromatic carbocycles. The summed E-state index contributed by atoms with van der Waals surface area (Å²) in [6.45, 7) is 5.24. The highest BCUT2D eigenvalue weighted by Gasteiger charge is 2.15. The molecule has 0 aromatic rings. The number of carbonyl (C=O) groups excluding carboxylic acids is 1. The summed E-state index contributed by atoms with van der Waals surface area (Å²) in [5, 5.41) is 3.20. The Labute approximate surface area is 98.2 Å². The van der Waals surface area contributed by atoms with Crippen molar-refractivity contribution in [2.24, 2.45) is 0 Å². The first-order chi connectivity index (χ1) is 7.10. The number of Topliss-reactive ketones (excluding diaryl/α,β-unsaturated/α-hetero) is 1. The number of nitrogens with one attached hydrogen (secondary N) is 2. The standard InChI is InChI=1S/C10H10Cl2N2O/c1-3-8-9(15)6(2)4-7(11)5-13-10(8)14-12/h3-5,13-14H,1H2,2H3/b6-4+,7-5+,10-8+. The van der Waals surface area contributed by atoms with Crippen LogP contribution in [0.15, 0.2) is 46.9 Å². The van der Waals surface area contributed by atoms with Crippen LogP contribution in [-0.4, -0.2) is 5.78 Å². The number of hydrogen-bond acceptors (Lipinski definition) is 3. The van der Waals surface area contributed by atoms with Crippen molar-refractivity contribution in [3.05, 3.63) is 46.9 Å². The van der Waals surface area contributed by atoms with Crippen LogP contribution >= 0.6 is 23.4 Å². The van der Waals surface area contributed by atoms with E-state index in [-0.39, 0.29) is 5.78 Å². The molecule has 0 unspecified atom stereocenters. The highest BCUT2D eigenvalue weighted by atomic mass is 35.5. The molecule has 0 fully saturated rings. The van der Waals surface area contributed by atoms with Crippen LogP contribution in [0, 0.1) is 0 Å². The second-order valence-corrected chi connectivity index (χ2v) is 3.54. The van der Waals surface area contributed by atoms with E-state index in [2.05, 4.69) is 16.7 Å². The Morgan fingerprint density at radius 2 is 2.27 bits per heavy atom. The highest BCUT2D eigenvalue weighted by Crippen LogP contribution is 2.16. The topological polar surface area (TPSA) is 41.1 Å². The van der Waals surface area contributed by atoms with Gasteiger partial charge in [0.1, 0.15) is 5.82 Å². The fraction of sp³-hybridized carbons (Fsp3) is 0.100. The summed E-state index contributed by atoms with van der Waals surface area (Å²) in [7, 11) is 0. The minimum absolute atomic E-state index is 0.174. The predicted molar refractivity (Wildman–Crippen MR) is 62.0 cm³/mol. The minimum Gasteiger partial charge on any atom is -0.345 e. The van der Waals surface area contributed by atoms with Gasteiger partial charge in [-0.05, 0) is 18.6 Å². The molecule has 0 aliphatic carbocycles. The molecular weight excluding hydrogens is 235 g/mol. The van der Waals surface area contributed by atoms with Gasteiger partial charge in [0.15, 0.2) is 5.78 Å². The third kappa shape index (κ3) is 2.64. The Bertz CT molecular complexity index is 394. The second kappa shape index (κ2) is 5.05. The smallest absolute Gasteiger partial charge is 0.192 e. The average molecular weight is 245 g/mol. The average Bonchev–Trinajstić information content (AvgIpc) is 2.21. The summed E-state index contributed by atoms with van der Waals surface area (Å²) in [6, 6.07) is 0. The number of halogens is 2. The summed E-state index contributed by atoms with van der Waals surface area (Å²) in [6.07, 6.45) is 4.54. The van der Waals surface area contributed by atoms with Crippen molar-refractivity contribution >= 4 is 29.2 Å². The zero-order valence-corrected chi connectivity index (χ0v) is 9.62. The van der Waals surface area contributed by atoms with E-state index in [1.54, 1.807) is 13.0 Å². The number of ketones is 1. The van der Waals surface area contributed by atoms with Crippen molar-refractivity contribution < 1.29 is 4.79 Å². The van der Waals surface area contributed by atoms with E-state index in [0.29, 0.717) is 22.0 Å². The molecule has 0 saturated carbocycles. The summed E-state index contributed by atoms with van der Waals surface area (Å²) in [4.78, 5) is 14.2. The summed E-state index contributed by atoms with van der Waals surface area (Å²) in [5.41, 5.74) is 0.899. The predicted octanol–water partition coefficient (Wildman–Crippen LogP) is 2.33. The van der Waals surface area contributed by atoms with E-state index >= 15 is 0 Å². The van der Waals surface area contributed by atoms with Gasteiger partial charge in [0, 0.05) is 18.0 Å². The van der Waals surface area contributed by atoms with Crippen LogP contribution in [0.25, 0.3) is 0 Å². The maximum atomic E-state index is 11.8. The molecule has 1 heterocycles. The molecule has 0 bridgehead atoms. The number of rotatable bonds is 2. The number of carbonyl (C=O) groups is 1. The molecular formula is C10H10Cl2N2O. The molecule has 0 saturated heterocycles. The minimum atomic E-state index is -0.174. The van der Waals surface area contributed by atoms with Crippen LogP contribution in [0.5, 0.6) is 0 Å². The fourth-order valence-corrected chi connectivity index (χ4v) is 1.51. The maximum Gasteiger partial charge on any atom is 0.192 e. The molecule has 1 aliphatic heterocycles. The van der Waals surface area contributed by atoms with E-state index < -0.39 is 0 Å². The van der Waals surface area contributed by atoms with Crippen LogP contribution < -0.4 is 10.2 Å². The molecule has 0 radical (unpaired) electrons. The summed E-state index contributed by atoms with van der Waals surface area (Å²) in [5.74, 6) is 0.189. The number of allylic oxidation sites excluding steroid dienone is 5. The van der Waals surface area contributed by atoms with Crippen LogP contribution in [0.1, 0.15) is 6.92 Å². The molecule has 1 rings (SSSR count). The molecule has 0 spiro atoms. The zero-order valence-electron chi connectivity index (χ0n) is 8.10. The number of hydrogen-bond donors (Lipinski definition) is 2. The van der Waals surface area contributed by atoms with E-state index in [1.807, 2.05) is 0 Å². The van der Waals surface area contributed by atoms with Crippen molar-refractivity contribution in [3.8, 4) is 0 Å². The van der Waals surface area contributed by atoms with E-state index in [0.717, 1.165) is 0 Å². The van der Waals surface area contributed by atoms with E-state index in [9.17, 15) is 4.79 Å². The molecule has 0 amide bonds. The second-order valence-electron chi connectivity index (χ2n) is 2.92. The summed E-state index contributed by atoms with van der Waals surface area (Å²) < 4.78 is 0. The van der Waals surface area contributed by atoms with Crippen molar-refractivity contribution in [1.29, 1.82) is 0 Å². The van der Waals surface area contributed by atoms with Crippen LogP contribution in [0.2, 0.25) is 0 Å². The van der Waals surface area contributed by atoms with Gasteiger partial charge in [-0.15, -0.1) is 0 Å². The van der Waals surface area contributed by atoms with Gasteiger partial charge in [-0.3, -0.25) is 9.63 Å². The lowest BCUT2D eigenvalue weighted by atomic mass is 10.0. The molecule has 0 aromatic heterocycles. The Hall–Kier alpha value is -1.19. The first kappa shape index (κ1) is 11.9. The Morgan fingerprint density at radius 3 is 2.80 bits per heavy atom. The van der Waals surface area contributed by atoms with Crippen molar-refractivity contribution in [3.63, 3.8) is 0 Å². The van der Waals surface area contributed by atoms with Crippen LogP contribution in [0.4, 0.5) is 0 Å². The molecule has 80 valence electrons. The Balaban J connectivity index is 3.29. The van der Waals surface area contributed by atoms with E-state index in [1.165, 1.54) is 12.3 Å². The molecule has 5 heteroatoms. The van der Waals surface area contributed by atoms with Gasteiger partial charge in [0.2, 0.25) is 0 Å². The normalized spacial score (nSPS) is 28.9. The maximum absolute atomic E-state index is 11.8. The molecule has 3 nitrogen and oxygen atoms in total. The van der Waals surface area contributed by atoms with Gasteiger partial charge >= 0.3 is 0 Å². The van der Waals surface area contributed by atoms with Crippen molar-refractivity contribution in [2.75, 3.05) is 0 Å². The Morgan fingerprint density at radius 1 is 1.60 bits per heavy atom. The monoisotopic (exact) mass is 244 g/mol. The lowest BCUT2D eigenvalue weighted by Crippen LogP contribution is -2.22. The van der Waals surface area contributed by atoms with Crippen LogP contribution in [-0.2, 0) is 4.79 Å². The van der Waals surface area contributed by atoms with Gasteiger partial charge < -0.3 is 5.32 Å². The van der Waals surface area contributed by atoms with Crippen molar-refractivity contribution in [2.45, 2.75) is 6.92 Å². The third-order valence-electron chi connectivity index (χ3n) is 1.88. The first-order valence-corrected chi connectivity index (χ1v) is 4.94. The van der Waals surface area contributed by atoms with Crippen LogP contribution in [0.3, 0.4) is 0 Å². The Kier molecular flexibility index (Phi) is 4.00. The van der Waals surface area contributed by atoms with Gasteiger partial charge in [0.25, 0.3) is 0 Å². The SMILES string of the molecule is C=C/C1=C(\NCl)N/C=C(Cl)\C=C(/C)C1=O. The first-order valence-electron chi connectivity index (χ1n) is 4.18. The van der Waals surface area contributed by atoms with Gasteiger partial charge in [0.05, 0.1) is 10.6 Å². The largest absolute Gasteiger partial charge is 0.345 e. The molecule has 1 aliphatic rings. The van der Waals surface area contributed by atoms with E-state index in [4.69, 9.17) is 23.4 Å². The molecule has 15 heavy (non-hydrogen) atoms. The fourth-order valence-electron chi connectivity index (χ4n) is 1.13. The molecule has 2 N–H and O–H groups in total. The van der Waals surface area contributed by atoms with Crippen molar-refractivity contribution in [1.82, 2.24) is 10.2 Å². The van der Waals surface area contributed by atoms with Gasteiger partial charge in [-0.25, -0.2) is 0 Å². The zero-order chi connectivity index (χ0) is 11.4. The molecule has 0 atom stereocenters. The van der Waals surface area contributed by atoms with Gasteiger partial charge in [-0.2, -0.15) is 0 Å².